The zero-order chi connectivity index (χ0) is 22.5. The molecule has 6 nitrogen and oxygen atoms in total. The molecule has 0 radical (unpaired) electrons. The van der Waals surface area contributed by atoms with Gasteiger partial charge in [0.05, 0.1) is 6.61 Å². The van der Waals surface area contributed by atoms with Crippen molar-refractivity contribution in [1.29, 1.82) is 0 Å². The molecule has 1 heterocycles. The van der Waals surface area contributed by atoms with Crippen LogP contribution in [0.3, 0.4) is 0 Å². The highest BCUT2D eigenvalue weighted by atomic mass is 32.1. The third kappa shape index (κ3) is 5.31. The van der Waals surface area contributed by atoms with E-state index in [0.29, 0.717) is 24.5 Å². The number of fused-ring (bicyclic) bond motifs is 1. The molecule has 0 unspecified atom stereocenters. The minimum atomic E-state index is -0.284. The fourth-order valence-corrected chi connectivity index (χ4v) is 3.46. The average Bonchev–Trinajstić information content (AvgIpc) is 3.17. The molecule has 0 aliphatic rings. The number of hydrogen-bond acceptors (Lipinski definition) is 5. The summed E-state index contributed by atoms with van der Waals surface area (Å²) in [6.45, 7) is 4.52. The van der Waals surface area contributed by atoms with Crippen LogP contribution in [0.5, 0.6) is 5.75 Å². The minimum Gasteiger partial charge on any atom is -0.494 e. The Bertz CT molecular complexity index is 1250. The number of nitrogens with one attached hydrogen (secondary N) is 2. The molecule has 0 aliphatic heterocycles. The van der Waals surface area contributed by atoms with Crippen molar-refractivity contribution in [2.24, 2.45) is 0 Å². The number of carbonyl (C=O) groups excluding carboxylic acids is 1. The van der Waals surface area contributed by atoms with E-state index in [-0.39, 0.29) is 11.0 Å². The second-order valence-corrected chi connectivity index (χ2v) is 7.73. The molecular formula is C25H23N3O3S. The second kappa shape index (κ2) is 9.62. The van der Waals surface area contributed by atoms with Crippen molar-refractivity contribution in [2.45, 2.75) is 20.3 Å². The normalized spacial score (nSPS) is 10.7. The third-order valence-corrected chi connectivity index (χ3v) is 5.01. The number of thiocarbonyl (C=S) groups is 1. The maximum Gasteiger partial charge on any atom is 0.257 e. The summed E-state index contributed by atoms with van der Waals surface area (Å²) in [4.78, 5) is 16.9. The number of aryl methyl sites for hydroxylation is 1. The van der Waals surface area contributed by atoms with Gasteiger partial charge in [-0.2, -0.15) is 0 Å². The molecule has 0 aliphatic carbocycles. The van der Waals surface area contributed by atoms with E-state index in [4.69, 9.17) is 21.4 Å². The van der Waals surface area contributed by atoms with Crippen LogP contribution in [0.25, 0.3) is 11.1 Å². The molecule has 162 valence electrons. The number of hydrogen-bond donors (Lipinski definition) is 2. The number of nitrogens with zero attached hydrogens (tertiary/aromatic N) is 1. The molecule has 0 saturated carbocycles. The Morgan fingerprint density at radius 1 is 1.06 bits per heavy atom. The highest BCUT2D eigenvalue weighted by Gasteiger charge is 2.10. The van der Waals surface area contributed by atoms with Crippen molar-refractivity contribution in [2.75, 3.05) is 11.9 Å². The molecular weight excluding hydrogens is 422 g/mol. The SMILES string of the molecule is CCOc1ccc(C(=O)NC(=S)Nc2ccc(Cc3nc4cc(C)ccc4o3)cc2)cc1. The first-order valence-electron chi connectivity index (χ1n) is 10.3. The Hall–Kier alpha value is -3.71. The Morgan fingerprint density at radius 2 is 1.81 bits per heavy atom. The van der Waals surface area contributed by atoms with E-state index in [1.165, 1.54) is 0 Å². The maximum absolute atomic E-state index is 12.4. The molecule has 4 rings (SSSR count). The number of oxazole rings is 1. The predicted octanol–water partition coefficient (Wildman–Crippen LogP) is 5.25. The molecule has 0 bridgehead atoms. The van der Waals surface area contributed by atoms with E-state index in [1.54, 1.807) is 24.3 Å². The first kappa shape index (κ1) is 21.5. The topological polar surface area (TPSA) is 76.4 Å². The Labute approximate surface area is 191 Å². The van der Waals surface area contributed by atoms with Gasteiger partial charge in [-0.25, -0.2) is 4.98 Å². The fourth-order valence-electron chi connectivity index (χ4n) is 3.25. The minimum absolute atomic E-state index is 0.228. The van der Waals surface area contributed by atoms with Crippen LogP contribution in [0.4, 0.5) is 5.69 Å². The van der Waals surface area contributed by atoms with Gasteiger partial charge in [-0.3, -0.25) is 10.1 Å². The van der Waals surface area contributed by atoms with Crippen molar-refractivity contribution < 1.29 is 13.9 Å². The molecule has 32 heavy (non-hydrogen) atoms. The number of rotatable bonds is 6. The number of ether oxygens (including phenoxy) is 1. The summed E-state index contributed by atoms with van der Waals surface area (Å²) in [6.07, 6.45) is 0.590. The van der Waals surface area contributed by atoms with Crippen molar-refractivity contribution >= 4 is 40.0 Å². The molecule has 3 aromatic carbocycles. The van der Waals surface area contributed by atoms with E-state index in [0.717, 1.165) is 33.7 Å². The molecule has 7 heteroatoms. The number of carbonyl (C=O) groups is 1. The Kier molecular flexibility index (Phi) is 6.47. The van der Waals surface area contributed by atoms with Gasteiger partial charge in [-0.05, 0) is 85.7 Å². The molecule has 2 N–H and O–H groups in total. The predicted molar refractivity (Wildman–Crippen MR) is 129 cm³/mol. The van der Waals surface area contributed by atoms with Crippen LogP contribution >= 0.6 is 12.2 Å². The van der Waals surface area contributed by atoms with Gasteiger partial charge in [0.1, 0.15) is 11.3 Å². The lowest BCUT2D eigenvalue weighted by Crippen LogP contribution is -2.34. The largest absolute Gasteiger partial charge is 0.494 e. The van der Waals surface area contributed by atoms with Crippen LogP contribution in [0.15, 0.2) is 71.1 Å². The van der Waals surface area contributed by atoms with Crippen LogP contribution < -0.4 is 15.4 Å². The van der Waals surface area contributed by atoms with Crippen molar-refractivity contribution in [3.05, 3.63) is 89.3 Å². The van der Waals surface area contributed by atoms with Crippen LogP contribution in [0.1, 0.15) is 34.3 Å². The smallest absolute Gasteiger partial charge is 0.257 e. The zero-order valence-electron chi connectivity index (χ0n) is 17.8. The first-order valence-corrected chi connectivity index (χ1v) is 10.7. The molecule has 1 amide bonds. The number of benzene rings is 3. The lowest BCUT2D eigenvalue weighted by Gasteiger charge is -2.10. The summed E-state index contributed by atoms with van der Waals surface area (Å²) < 4.78 is 11.2. The van der Waals surface area contributed by atoms with Gasteiger partial charge < -0.3 is 14.5 Å². The van der Waals surface area contributed by atoms with E-state index in [9.17, 15) is 4.79 Å². The van der Waals surface area contributed by atoms with E-state index < -0.39 is 0 Å². The number of aromatic nitrogens is 1. The van der Waals surface area contributed by atoms with Crippen LogP contribution in [-0.2, 0) is 6.42 Å². The summed E-state index contributed by atoms with van der Waals surface area (Å²) in [5.41, 5.74) is 5.14. The standard InChI is InChI=1S/C25H23N3O3S/c1-3-30-20-11-7-18(8-12-20)24(29)28-25(32)26-19-9-5-17(6-10-19)15-23-27-21-14-16(2)4-13-22(21)31-23/h4-14H,3,15H2,1-2H3,(H2,26,28,29,32). The van der Waals surface area contributed by atoms with Crippen molar-refractivity contribution in [1.82, 2.24) is 10.3 Å². The summed E-state index contributed by atoms with van der Waals surface area (Å²) >= 11 is 5.27. The maximum atomic E-state index is 12.4. The zero-order valence-corrected chi connectivity index (χ0v) is 18.7. The third-order valence-electron chi connectivity index (χ3n) is 4.81. The van der Waals surface area contributed by atoms with Crippen LogP contribution in [0, 0.1) is 6.92 Å². The van der Waals surface area contributed by atoms with Gasteiger partial charge in [-0.1, -0.05) is 18.2 Å². The molecule has 0 fully saturated rings. The Morgan fingerprint density at radius 3 is 2.53 bits per heavy atom. The first-order chi connectivity index (χ1) is 15.5. The van der Waals surface area contributed by atoms with E-state index in [1.807, 2.05) is 56.3 Å². The van der Waals surface area contributed by atoms with Crippen molar-refractivity contribution in [3.8, 4) is 5.75 Å². The van der Waals surface area contributed by atoms with E-state index >= 15 is 0 Å². The van der Waals surface area contributed by atoms with Gasteiger partial charge in [0, 0.05) is 17.7 Å². The monoisotopic (exact) mass is 445 g/mol. The van der Waals surface area contributed by atoms with Gasteiger partial charge in [0.25, 0.3) is 5.91 Å². The molecule has 0 atom stereocenters. The molecule has 1 aromatic heterocycles. The quantitative estimate of drug-likeness (QED) is 0.395. The van der Waals surface area contributed by atoms with Crippen molar-refractivity contribution in [3.63, 3.8) is 0 Å². The average molecular weight is 446 g/mol. The summed E-state index contributed by atoms with van der Waals surface area (Å²) in [6, 6.07) is 20.6. The van der Waals surface area contributed by atoms with Gasteiger partial charge in [0.15, 0.2) is 16.6 Å². The Balaban J connectivity index is 1.33. The highest BCUT2D eigenvalue weighted by Crippen LogP contribution is 2.20. The van der Waals surface area contributed by atoms with Crippen LogP contribution in [0.2, 0.25) is 0 Å². The number of amides is 1. The fraction of sp³-hybridized carbons (Fsp3) is 0.160. The second-order valence-electron chi connectivity index (χ2n) is 7.32. The summed E-state index contributed by atoms with van der Waals surface area (Å²) in [7, 11) is 0. The molecule has 0 saturated heterocycles. The van der Waals surface area contributed by atoms with Gasteiger partial charge >= 0.3 is 0 Å². The summed E-state index contributed by atoms with van der Waals surface area (Å²) in [5.74, 6) is 1.11. The van der Waals surface area contributed by atoms with Gasteiger partial charge in [-0.15, -0.1) is 0 Å². The van der Waals surface area contributed by atoms with Crippen LogP contribution in [-0.4, -0.2) is 22.6 Å². The van der Waals surface area contributed by atoms with Gasteiger partial charge in [0.2, 0.25) is 0 Å². The summed E-state index contributed by atoms with van der Waals surface area (Å²) in [5, 5.41) is 5.94. The lowest BCUT2D eigenvalue weighted by molar-refractivity contribution is 0.0977. The lowest BCUT2D eigenvalue weighted by atomic mass is 10.1. The molecule has 4 aromatic rings. The van der Waals surface area contributed by atoms with E-state index in [2.05, 4.69) is 15.6 Å². The number of anilines is 1. The highest BCUT2D eigenvalue weighted by molar-refractivity contribution is 7.80. The molecule has 0 spiro atoms.